The number of nitrogens with zero attached hydrogens (tertiary/aromatic N) is 5. The highest BCUT2D eigenvalue weighted by Crippen LogP contribution is 2.24. The summed E-state index contributed by atoms with van der Waals surface area (Å²) in [5, 5.41) is 6.69. The summed E-state index contributed by atoms with van der Waals surface area (Å²) in [5.41, 5.74) is 5.13. The van der Waals surface area contributed by atoms with Crippen LogP contribution in [0.15, 0.2) is 73.4 Å². The fourth-order valence-electron chi connectivity index (χ4n) is 3.60. The van der Waals surface area contributed by atoms with E-state index in [1.807, 2.05) is 48.1 Å². The number of anilines is 5. The average Bonchev–Trinajstić information content (AvgIpc) is 3.38. The first kappa shape index (κ1) is 20.0. The van der Waals surface area contributed by atoms with Crippen molar-refractivity contribution in [2.45, 2.75) is 6.92 Å². The molecule has 0 amide bonds. The third-order valence-corrected chi connectivity index (χ3v) is 5.40. The zero-order valence-corrected chi connectivity index (χ0v) is 17.9. The molecular weight excluding hydrogens is 402 g/mol. The van der Waals surface area contributed by atoms with Crippen LogP contribution in [0.1, 0.15) is 5.56 Å². The van der Waals surface area contributed by atoms with Crippen molar-refractivity contribution in [1.29, 1.82) is 0 Å². The number of imidazole rings is 1. The maximum absolute atomic E-state index is 5.44. The van der Waals surface area contributed by atoms with Gasteiger partial charge in [0, 0.05) is 60.0 Å². The van der Waals surface area contributed by atoms with Crippen molar-refractivity contribution < 1.29 is 4.74 Å². The molecule has 1 saturated heterocycles. The van der Waals surface area contributed by atoms with E-state index >= 15 is 0 Å². The Kier molecular flexibility index (Phi) is 5.67. The second-order valence-electron chi connectivity index (χ2n) is 7.64. The van der Waals surface area contributed by atoms with Crippen molar-refractivity contribution in [3.8, 4) is 5.69 Å². The number of aromatic nitrogens is 4. The van der Waals surface area contributed by atoms with Crippen molar-refractivity contribution in [2.24, 2.45) is 0 Å². The molecule has 8 nitrogen and oxygen atoms in total. The summed E-state index contributed by atoms with van der Waals surface area (Å²) in [5.74, 6) is 1.31. The van der Waals surface area contributed by atoms with E-state index in [-0.39, 0.29) is 0 Å². The Morgan fingerprint density at radius 3 is 2.25 bits per heavy atom. The first-order valence-electron chi connectivity index (χ1n) is 10.6. The smallest absolute Gasteiger partial charge is 0.229 e. The molecule has 0 saturated carbocycles. The lowest BCUT2D eigenvalue weighted by Gasteiger charge is -2.28. The van der Waals surface area contributed by atoms with Gasteiger partial charge in [0.25, 0.3) is 0 Å². The van der Waals surface area contributed by atoms with Gasteiger partial charge in [-0.15, -0.1) is 0 Å². The number of morpholine rings is 1. The predicted octanol–water partition coefficient (Wildman–Crippen LogP) is 4.29. The minimum atomic E-state index is 0.540. The van der Waals surface area contributed by atoms with Crippen molar-refractivity contribution >= 4 is 28.8 Å². The fourth-order valence-corrected chi connectivity index (χ4v) is 3.60. The topological polar surface area (TPSA) is 80.1 Å². The average molecular weight is 428 g/mol. The SMILES string of the molecule is Cc1cnc(Nc2ccc(-n3ccnc3)cc2)nc1Nc1ccc(N2CCOCC2)cc1. The highest BCUT2D eigenvalue weighted by Gasteiger charge is 2.11. The van der Waals surface area contributed by atoms with Crippen molar-refractivity contribution in [1.82, 2.24) is 19.5 Å². The Bertz CT molecular complexity index is 1150. The van der Waals surface area contributed by atoms with Crippen LogP contribution < -0.4 is 15.5 Å². The van der Waals surface area contributed by atoms with E-state index in [2.05, 4.69) is 54.8 Å². The van der Waals surface area contributed by atoms with E-state index in [0.29, 0.717) is 5.95 Å². The second-order valence-corrected chi connectivity index (χ2v) is 7.64. The summed E-state index contributed by atoms with van der Waals surface area (Å²) >= 11 is 0. The molecule has 2 N–H and O–H groups in total. The fraction of sp³-hybridized carbons (Fsp3) is 0.208. The van der Waals surface area contributed by atoms with E-state index in [4.69, 9.17) is 4.74 Å². The number of nitrogens with one attached hydrogen (secondary N) is 2. The van der Waals surface area contributed by atoms with Crippen LogP contribution in [0.3, 0.4) is 0 Å². The highest BCUT2D eigenvalue weighted by atomic mass is 16.5. The lowest BCUT2D eigenvalue weighted by Crippen LogP contribution is -2.36. The molecule has 162 valence electrons. The Balaban J connectivity index is 1.27. The minimum absolute atomic E-state index is 0.540. The summed E-state index contributed by atoms with van der Waals surface area (Å²) in [6, 6.07) is 16.5. The first-order valence-corrected chi connectivity index (χ1v) is 10.6. The largest absolute Gasteiger partial charge is 0.378 e. The summed E-state index contributed by atoms with van der Waals surface area (Å²) in [4.78, 5) is 15.5. The Labute approximate surface area is 186 Å². The molecule has 0 spiro atoms. The van der Waals surface area contributed by atoms with Gasteiger partial charge in [-0.1, -0.05) is 0 Å². The molecule has 0 unspecified atom stereocenters. The van der Waals surface area contributed by atoms with E-state index in [9.17, 15) is 0 Å². The highest BCUT2D eigenvalue weighted by molar-refractivity contribution is 5.64. The summed E-state index contributed by atoms with van der Waals surface area (Å²) in [6.45, 7) is 5.41. The van der Waals surface area contributed by atoms with Crippen molar-refractivity contribution in [3.63, 3.8) is 0 Å². The normalized spacial score (nSPS) is 13.7. The molecule has 3 heterocycles. The number of hydrogen-bond donors (Lipinski definition) is 2. The molecule has 1 aliphatic rings. The molecule has 0 radical (unpaired) electrons. The third-order valence-electron chi connectivity index (χ3n) is 5.40. The first-order chi connectivity index (χ1) is 15.7. The molecule has 0 aliphatic carbocycles. The van der Waals surface area contributed by atoms with Gasteiger partial charge in [-0.05, 0) is 55.5 Å². The predicted molar refractivity (Wildman–Crippen MR) is 126 cm³/mol. The zero-order chi connectivity index (χ0) is 21.8. The van der Waals surface area contributed by atoms with Gasteiger partial charge in [-0.3, -0.25) is 0 Å². The summed E-state index contributed by atoms with van der Waals surface area (Å²) < 4.78 is 7.39. The van der Waals surface area contributed by atoms with Gasteiger partial charge in [-0.2, -0.15) is 4.98 Å². The Morgan fingerprint density at radius 1 is 0.875 bits per heavy atom. The molecule has 0 atom stereocenters. The van der Waals surface area contributed by atoms with Crippen LogP contribution in [-0.2, 0) is 4.74 Å². The van der Waals surface area contributed by atoms with Crippen LogP contribution in [0.2, 0.25) is 0 Å². The molecule has 2 aromatic carbocycles. The van der Waals surface area contributed by atoms with Gasteiger partial charge in [0.15, 0.2) is 0 Å². The quantitative estimate of drug-likeness (QED) is 0.475. The minimum Gasteiger partial charge on any atom is -0.378 e. The summed E-state index contributed by atoms with van der Waals surface area (Å²) in [6.07, 6.45) is 7.27. The molecule has 5 rings (SSSR count). The summed E-state index contributed by atoms with van der Waals surface area (Å²) in [7, 11) is 0. The number of ether oxygens (including phenoxy) is 1. The molecule has 2 aromatic heterocycles. The van der Waals surface area contributed by atoms with Gasteiger partial charge in [-0.25, -0.2) is 9.97 Å². The van der Waals surface area contributed by atoms with E-state index in [1.165, 1.54) is 5.69 Å². The molecule has 1 fully saturated rings. The molecular formula is C24H25N7O. The Hall–Kier alpha value is -3.91. The third kappa shape index (κ3) is 4.55. The molecule has 8 heteroatoms. The van der Waals surface area contributed by atoms with Gasteiger partial charge in [0.2, 0.25) is 5.95 Å². The maximum Gasteiger partial charge on any atom is 0.229 e. The number of rotatable bonds is 6. The van der Waals surface area contributed by atoms with Crippen LogP contribution in [-0.4, -0.2) is 45.8 Å². The maximum atomic E-state index is 5.44. The van der Waals surface area contributed by atoms with E-state index in [0.717, 1.165) is 54.7 Å². The van der Waals surface area contributed by atoms with Gasteiger partial charge in [0.05, 0.1) is 19.5 Å². The number of benzene rings is 2. The van der Waals surface area contributed by atoms with Crippen LogP contribution in [0, 0.1) is 6.92 Å². The molecule has 0 bridgehead atoms. The molecule has 1 aliphatic heterocycles. The number of hydrogen-bond acceptors (Lipinski definition) is 7. The number of aryl methyl sites for hydroxylation is 1. The van der Waals surface area contributed by atoms with E-state index < -0.39 is 0 Å². The standard InChI is InChI=1S/C24H25N7O/c1-18-16-26-24(28-20-4-8-22(9-5-20)31-11-10-25-17-31)29-23(18)27-19-2-6-21(7-3-19)30-12-14-32-15-13-30/h2-11,16-17H,12-15H2,1H3,(H2,26,27,28,29). The van der Waals surface area contributed by atoms with Crippen molar-refractivity contribution in [2.75, 3.05) is 41.8 Å². The molecule has 4 aromatic rings. The van der Waals surface area contributed by atoms with Crippen LogP contribution in [0.25, 0.3) is 5.69 Å². The van der Waals surface area contributed by atoms with Crippen molar-refractivity contribution in [3.05, 3.63) is 79.0 Å². The lowest BCUT2D eigenvalue weighted by molar-refractivity contribution is 0.122. The van der Waals surface area contributed by atoms with Crippen LogP contribution in [0.4, 0.5) is 28.8 Å². The van der Waals surface area contributed by atoms with E-state index in [1.54, 1.807) is 12.5 Å². The van der Waals surface area contributed by atoms with Gasteiger partial charge < -0.3 is 24.8 Å². The Morgan fingerprint density at radius 2 is 1.56 bits per heavy atom. The second kappa shape index (κ2) is 9.07. The zero-order valence-electron chi connectivity index (χ0n) is 17.9. The van der Waals surface area contributed by atoms with Crippen LogP contribution >= 0.6 is 0 Å². The molecule has 32 heavy (non-hydrogen) atoms. The monoisotopic (exact) mass is 427 g/mol. The van der Waals surface area contributed by atoms with Gasteiger partial charge in [0.1, 0.15) is 5.82 Å². The lowest BCUT2D eigenvalue weighted by atomic mass is 10.2. The van der Waals surface area contributed by atoms with Crippen LogP contribution in [0.5, 0.6) is 0 Å². The van der Waals surface area contributed by atoms with Gasteiger partial charge >= 0.3 is 0 Å².